The Morgan fingerprint density at radius 1 is 1.13 bits per heavy atom. The van der Waals surface area contributed by atoms with E-state index in [4.69, 9.17) is 0 Å². The SMILES string of the molecule is Cc1ccc([C@H](C)NC(=O)CSc2nnc(C3CC3)n2Cc2ccccc2)cc1C. The lowest BCUT2D eigenvalue weighted by Crippen LogP contribution is -2.28. The quantitative estimate of drug-likeness (QED) is 0.532. The molecular formula is C24H28N4OS. The van der Waals surface area contributed by atoms with Crippen LogP contribution in [-0.2, 0) is 11.3 Å². The van der Waals surface area contributed by atoms with E-state index in [9.17, 15) is 4.79 Å². The van der Waals surface area contributed by atoms with Crippen molar-refractivity contribution in [2.45, 2.75) is 57.3 Å². The Bertz CT molecular complexity index is 1030. The molecular weight excluding hydrogens is 392 g/mol. The van der Waals surface area contributed by atoms with Crippen LogP contribution in [0.1, 0.15) is 59.8 Å². The van der Waals surface area contributed by atoms with E-state index in [0.717, 1.165) is 23.1 Å². The Morgan fingerprint density at radius 3 is 2.60 bits per heavy atom. The summed E-state index contributed by atoms with van der Waals surface area (Å²) in [6, 6.07) is 16.6. The predicted octanol–water partition coefficient (Wildman–Crippen LogP) is 4.79. The van der Waals surface area contributed by atoms with E-state index in [2.05, 4.69) is 64.3 Å². The van der Waals surface area contributed by atoms with E-state index in [1.54, 1.807) is 0 Å². The summed E-state index contributed by atoms with van der Waals surface area (Å²) < 4.78 is 2.18. The highest BCUT2D eigenvalue weighted by Crippen LogP contribution is 2.40. The number of nitrogens with one attached hydrogen (secondary N) is 1. The monoisotopic (exact) mass is 420 g/mol. The van der Waals surface area contributed by atoms with E-state index in [1.807, 2.05) is 25.1 Å². The number of aryl methyl sites for hydroxylation is 2. The molecule has 2 aromatic carbocycles. The van der Waals surface area contributed by atoms with Gasteiger partial charge < -0.3 is 9.88 Å². The Labute approximate surface area is 182 Å². The molecule has 1 aromatic heterocycles. The zero-order chi connectivity index (χ0) is 21.1. The van der Waals surface area contributed by atoms with Crippen LogP contribution in [0.5, 0.6) is 0 Å². The molecule has 1 aliphatic carbocycles. The highest BCUT2D eigenvalue weighted by Gasteiger charge is 2.30. The standard InChI is InChI=1S/C24H28N4OS/c1-16-9-10-21(13-17(16)2)18(3)25-22(29)15-30-24-27-26-23(20-11-12-20)28(24)14-19-7-5-4-6-8-19/h4-10,13,18,20H,11-12,14-15H2,1-3H3,(H,25,29)/t18-/m0/s1. The lowest BCUT2D eigenvalue weighted by molar-refractivity contribution is -0.119. The van der Waals surface area contributed by atoms with Crippen molar-refractivity contribution in [1.29, 1.82) is 0 Å². The highest BCUT2D eigenvalue weighted by atomic mass is 32.2. The van der Waals surface area contributed by atoms with E-state index < -0.39 is 0 Å². The maximum Gasteiger partial charge on any atom is 0.230 e. The van der Waals surface area contributed by atoms with Gasteiger partial charge in [-0.2, -0.15) is 0 Å². The maximum atomic E-state index is 12.6. The minimum Gasteiger partial charge on any atom is -0.349 e. The van der Waals surface area contributed by atoms with Gasteiger partial charge in [0.2, 0.25) is 5.91 Å². The van der Waals surface area contributed by atoms with E-state index >= 15 is 0 Å². The Kier molecular flexibility index (Phi) is 6.23. The van der Waals surface area contributed by atoms with Crippen LogP contribution in [0.3, 0.4) is 0 Å². The molecule has 0 saturated heterocycles. The number of hydrogen-bond donors (Lipinski definition) is 1. The van der Waals surface area contributed by atoms with Crippen LogP contribution in [0.2, 0.25) is 0 Å². The molecule has 1 aliphatic rings. The topological polar surface area (TPSA) is 59.8 Å². The van der Waals surface area contributed by atoms with Crippen LogP contribution in [0.25, 0.3) is 0 Å². The molecule has 0 radical (unpaired) electrons. The van der Waals surface area contributed by atoms with Crippen molar-refractivity contribution in [3.63, 3.8) is 0 Å². The molecule has 1 saturated carbocycles. The molecule has 3 aromatic rings. The Balaban J connectivity index is 1.40. The normalized spacial score (nSPS) is 14.5. The molecule has 6 heteroatoms. The average Bonchev–Trinajstić information content (AvgIpc) is 3.51. The largest absolute Gasteiger partial charge is 0.349 e. The van der Waals surface area contributed by atoms with Gasteiger partial charge in [0.05, 0.1) is 18.3 Å². The zero-order valence-electron chi connectivity index (χ0n) is 17.8. The number of carbonyl (C=O) groups is 1. The van der Waals surface area contributed by atoms with Crippen LogP contribution in [0.4, 0.5) is 0 Å². The van der Waals surface area contributed by atoms with E-state index in [0.29, 0.717) is 11.7 Å². The number of nitrogens with zero attached hydrogens (tertiary/aromatic N) is 3. The van der Waals surface area contributed by atoms with E-state index in [-0.39, 0.29) is 11.9 Å². The second kappa shape index (κ2) is 9.04. The van der Waals surface area contributed by atoms with Gasteiger partial charge in [-0.1, -0.05) is 60.3 Å². The maximum absolute atomic E-state index is 12.6. The fourth-order valence-electron chi connectivity index (χ4n) is 3.50. The molecule has 0 bridgehead atoms. The van der Waals surface area contributed by atoms with E-state index in [1.165, 1.54) is 41.3 Å². The number of benzene rings is 2. The number of aromatic nitrogens is 3. The Hall–Kier alpha value is -2.60. The van der Waals surface area contributed by atoms with Gasteiger partial charge in [-0.05, 0) is 55.9 Å². The van der Waals surface area contributed by atoms with Crippen molar-refractivity contribution in [3.05, 3.63) is 76.6 Å². The summed E-state index contributed by atoms with van der Waals surface area (Å²) in [4.78, 5) is 12.6. The van der Waals surface area contributed by atoms with Crippen molar-refractivity contribution in [2.24, 2.45) is 0 Å². The molecule has 30 heavy (non-hydrogen) atoms. The summed E-state index contributed by atoms with van der Waals surface area (Å²) in [7, 11) is 0. The van der Waals surface area contributed by atoms with Gasteiger partial charge in [-0.3, -0.25) is 4.79 Å². The number of rotatable bonds is 8. The lowest BCUT2D eigenvalue weighted by atomic mass is 10.0. The first-order valence-corrected chi connectivity index (χ1v) is 11.5. The van der Waals surface area contributed by atoms with Crippen LogP contribution in [-0.4, -0.2) is 26.4 Å². The van der Waals surface area contributed by atoms with Crippen molar-refractivity contribution in [2.75, 3.05) is 5.75 Å². The smallest absolute Gasteiger partial charge is 0.230 e. The first kappa shape index (κ1) is 20.7. The zero-order valence-corrected chi connectivity index (χ0v) is 18.6. The third-order valence-corrected chi connectivity index (χ3v) is 6.58. The summed E-state index contributed by atoms with van der Waals surface area (Å²) in [6.07, 6.45) is 2.34. The lowest BCUT2D eigenvalue weighted by Gasteiger charge is -2.16. The molecule has 1 heterocycles. The second-order valence-electron chi connectivity index (χ2n) is 8.11. The minimum absolute atomic E-state index is 0.00737. The van der Waals surface area contributed by atoms with Gasteiger partial charge in [0.25, 0.3) is 0 Å². The summed E-state index contributed by atoms with van der Waals surface area (Å²) in [5.74, 6) is 1.89. The average molecular weight is 421 g/mol. The number of amides is 1. The van der Waals surface area contributed by atoms with Crippen LogP contribution >= 0.6 is 11.8 Å². The van der Waals surface area contributed by atoms with Crippen LogP contribution in [0.15, 0.2) is 53.7 Å². The molecule has 5 nitrogen and oxygen atoms in total. The van der Waals surface area contributed by atoms with Crippen molar-refractivity contribution >= 4 is 17.7 Å². The fourth-order valence-corrected chi connectivity index (χ4v) is 4.25. The summed E-state index contributed by atoms with van der Waals surface area (Å²) in [6.45, 7) is 6.96. The molecule has 0 spiro atoms. The third-order valence-electron chi connectivity index (χ3n) is 5.61. The molecule has 1 amide bonds. The molecule has 0 unspecified atom stereocenters. The predicted molar refractivity (Wildman–Crippen MR) is 121 cm³/mol. The number of carbonyl (C=O) groups excluding carboxylic acids is 1. The van der Waals surface area contributed by atoms with Gasteiger partial charge in [0.1, 0.15) is 5.82 Å². The summed E-state index contributed by atoms with van der Waals surface area (Å²) in [5.41, 5.74) is 4.84. The second-order valence-corrected chi connectivity index (χ2v) is 9.05. The fraction of sp³-hybridized carbons (Fsp3) is 0.375. The van der Waals surface area contributed by atoms with Gasteiger partial charge in [-0.15, -0.1) is 10.2 Å². The highest BCUT2D eigenvalue weighted by molar-refractivity contribution is 7.99. The summed E-state index contributed by atoms with van der Waals surface area (Å²) in [5, 5.41) is 12.8. The van der Waals surface area contributed by atoms with Gasteiger partial charge >= 0.3 is 0 Å². The van der Waals surface area contributed by atoms with Crippen molar-refractivity contribution in [1.82, 2.24) is 20.1 Å². The first-order chi connectivity index (χ1) is 14.5. The van der Waals surface area contributed by atoms with Crippen molar-refractivity contribution < 1.29 is 4.79 Å². The molecule has 156 valence electrons. The Morgan fingerprint density at radius 2 is 1.90 bits per heavy atom. The molecule has 1 fully saturated rings. The van der Waals surface area contributed by atoms with Crippen LogP contribution in [0, 0.1) is 13.8 Å². The molecule has 0 aliphatic heterocycles. The molecule has 4 rings (SSSR count). The van der Waals surface area contributed by atoms with Crippen LogP contribution < -0.4 is 5.32 Å². The summed E-state index contributed by atoms with van der Waals surface area (Å²) >= 11 is 1.46. The van der Waals surface area contributed by atoms with Gasteiger partial charge in [0.15, 0.2) is 5.16 Å². The first-order valence-electron chi connectivity index (χ1n) is 10.5. The number of hydrogen-bond acceptors (Lipinski definition) is 4. The van der Waals surface area contributed by atoms with Gasteiger partial charge in [0, 0.05) is 5.92 Å². The third kappa shape index (κ3) is 4.93. The molecule has 1 atom stereocenters. The van der Waals surface area contributed by atoms with Crippen molar-refractivity contribution in [3.8, 4) is 0 Å². The number of thioether (sulfide) groups is 1. The minimum atomic E-state index is -0.0263. The van der Waals surface area contributed by atoms with Gasteiger partial charge in [-0.25, -0.2) is 0 Å². The molecule has 1 N–H and O–H groups in total.